The van der Waals surface area contributed by atoms with Crippen molar-refractivity contribution in [2.24, 2.45) is 0 Å². The molecular formula is C19H13ClN4OS. The maximum atomic E-state index is 12.6. The van der Waals surface area contributed by atoms with Crippen LogP contribution < -0.4 is 11.1 Å². The molecule has 0 saturated heterocycles. The normalized spacial score (nSPS) is 10.8. The van der Waals surface area contributed by atoms with Gasteiger partial charge in [0.1, 0.15) is 9.71 Å². The lowest BCUT2D eigenvalue weighted by Gasteiger charge is -2.04. The summed E-state index contributed by atoms with van der Waals surface area (Å²) in [6, 6.07) is 16.3. The Morgan fingerprint density at radius 2 is 1.85 bits per heavy atom. The van der Waals surface area contributed by atoms with Crippen molar-refractivity contribution in [3.05, 3.63) is 70.7 Å². The molecule has 3 aromatic heterocycles. The number of carbonyl (C=O) groups excluding carboxylic acids is 1. The number of anilines is 2. The van der Waals surface area contributed by atoms with E-state index in [1.165, 1.54) is 11.3 Å². The Balaban J connectivity index is 1.68. The van der Waals surface area contributed by atoms with Gasteiger partial charge in [-0.25, -0.2) is 4.98 Å². The molecule has 0 unspecified atom stereocenters. The average Bonchev–Trinajstić information content (AvgIpc) is 3.00. The first-order valence-electron chi connectivity index (χ1n) is 7.79. The summed E-state index contributed by atoms with van der Waals surface area (Å²) < 4.78 is 0. The van der Waals surface area contributed by atoms with Crippen molar-refractivity contribution in [2.45, 2.75) is 0 Å². The molecule has 0 aliphatic heterocycles. The summed E-state index contributed by atoms with van der Waals surface area (Å²) in [5, 5.41) is 4.19. The molecule has 4 aromatic rings. The highest BCUT2D eigenvalue weighted by molar-refractivity contribution is 7.21. The number of benzene rings is 1. The Morgan fingerprint density at radius 1 is 1.04 bits per heavy atom. The minimum atomic E-state index is -0.271. The third-order valence-electron chi connectivity index (χ3n) is 3.83. The summed E-state index contributed by atoms with van der Waals surface area (Å²) in [6.07, 6.45) is 1.72. The summed E-state index contributed by atoms with van der Waals surface area (Å²) in [5.74, 6) is -0.271. The Labute approximate surface area is 158 Å². The van der Waals surface area contributed by atoms with Crippen LogP contribution in [0.2, 0.25) is 5.02 Å². The predicted molar refractivity (Wildman–Crippen MR) is 107 cm³/mol. The van der Waals surface area contributed by atoms with Crippen molar-refractivity contribution in [3.8, 4) is 11.4 Å². The van der Waals surface area contributed by atoms with Gasteiger partial charge in [-0.2, -0.15) is 0 Å². The highest BCUT2D eigenvalue weighted by Gasteiger charge is 2.18. The number of thiophene rings is 1. The fourth-order valence-corrected chi connectivity index (χ4v) is 3.66. The maximum absolute atomic E-state index is 12.6. The fourth-order valence-electron chi connectivity index (χ4n) is 2.54. The van der Waals surface area contributed by atoms with Gasteiger partial charge in [0.15, 0.2) is 0 Å². The monoisotopic (exact) mass is 380 g/mol. The lowest BCUT2D eigenvalue weighted by atomic mass is 10.2. The zero-order valence-electron chi connectivity index (χ0n) is 13.4. The second-order valence-electron chi connectivity index (χ2n) is 5.57. The molecule has 0 aliphatic rings. The van der Waals surface area contributed by atoms with Crippen LogP contribution in [0.3, 0.4) is 0 Å². The number of nitrogens with two attached hydrogens (primary N) is 1. The topological polar surface area (TPSA) is 80.9 Å². The molecule has 7 heteroatoms. The van der Waals surface area contributed by atoms with E-state index in [0.717, 1.165) is 16.8 Å². The molecule has 0 aliphatic carbocycles. The third kappa shape index (κ3) is 3.12. The van der Waals surface area contributed by atoms with E-state index in [9.17, 15) is 4.79 Å². The third-order valence-corrected chi connectivity index (χ3v) is 5.20. The minimum absolute atomic E-state index is 0.271. The lowest BCUT2D eigenvalue weighted by Crippen LogP contribution is -2.11. The van der Waals surface area contributed by atoms with Crippen LogP contribution in [0, 0.1) is 0 Å². The van der Waals surface area contributed by atoms with Crippen molar-refractivity contribution >= 4 is 50.4 Å². The number of nitrogens with one attached hydrogen (secondary N) is 1. The maximum Gasteiger partial charge on any atom is 0.267 e. The zero-order valence-corrected chi connectivity index (χ0v) is 15.0. The van der Waals surface area contributed by atoms with Gasteiger partial charge in [-0.1, -0.05) is 17.7 Å². The molecule has 0 spiro atoms. The summed E-state index contributed by atoms with van der Waals surface area (Å²) in [6.45, 7) is 0. The van der Waals surface area contributed by atoms with E-state index in [0.29, 0.717) is 26.1 Å². The van der Waals surface area contributed by atoms with Crippen LogP contribution in [-0.4, -0.2) is 15.9 Å². The quantitative estimate of drug-likeness (QED) is 0.532. The van der Waals surface area contributed by atoms with Crippen molar-refractivity contribution in [3.63, 3.8) is 0 Å². The number of halogens is 1. The van der Waals surface area contributed by atoms with Gasteiger partial charge in [-0.05, 0) is 48.5 Å². The molecule has 0 saturated carbocycles. The first-order valence-corrected chi connectivity index (χ1v) is 8.98. The van der Waals surface area contributed by atoms with Crippen molar-refractivity contribution in [1.82, 2.24) is 9.97 Å². The number of aromatic nitrogens is 2. The Hall–Kier alpha value is -2.96. The molecule has 0 radical (unpaired) electrons. The first kappa shape index (κ1) is 16.5. The van der Waals surface area contributed by atoms with Crippen molar-refractivity contribution in [1.29, 1.82) is 0 Å². The second-order valence-corrected chi connectivity index (χ2v) is 7.01. The van der Waals surface area contributed by atoms with Crippen LogP contribution in [-0.2, 0) is 0 Å². The van der Waals surface area contributed by atoms with Gasteiger partial charge in [0.25, 0.3) is 5.91 Å². The summed E-state index contributed by atoms with van der Waals surface area (Å²) in [5.41, 5.74) is 8.77. The number of nitrogen functional groups attached to an aromatic ring is 1. The van der Waals surface area contributed by atoms with Crippen LogP contribution in [0.15, 0.2) is 60.8 Å². The molecular weight excluding hydrogens is 368 g/mol. The highest BCUT2D eigenvalue weighted by Crippen LogP contribution is 2.34. The number of fused-ring (bicyclic) bond motifs is 1. The molecule has 0 bridgehead atoms. The van der Waals surface area contributed by atoms with Gasteiger partial charge in [0.05, 0.1) is 17.1 Å². The van der Waals surface area contributed by atoms with Crippen LogP contribution in [0.1, 0.15) is 9.67 Å². The molecule has 128 valence electrons. The molecule has 3 N–H and O–H groups in total. The Kier molecular flexibility index (Phi) is 4.28. The van der Waals surface area contributed by atoms with Crippen molar-refractivity contribution < 1.29 is 4.79 Å². The highest BCUT2D eigenvalue weighted by atomic mass is 35.5. The van der Waals surface area contributed by atoms with Crippen LogP contribution in [0.25, 0.3) is 21.6 Å². The molecule has 5 nitrogen and oxygen atoms in total. The second kappa shape index (κ2) is 6.74. The number of amides is 1. The van der Waals surface area contributed by atoms with E-state index in [1.807, 2.05) is 30.3 Å². The number of pyridine rings is 2. The number of carbonyl (C=O) groups is 1. The van der Waals surface area contributed by atoms with E-state index < -0.39 is 0 Å². The molecule has 4 rings (SSSR count). The van der Waals surface area contributed by atoms with E-state index in [-0.39, 0.29) is 5.91 Å². The van der Waals surface area contributed by atoms with Gasteiger partial charge in [0.2, 0.25) is 0 Å². The van der Waals surface area contributed by atoms with Crippen molar-refractivity contribution in [2.75, 3.05) is 11.1 Å². The minimum Gasteiger partial charge on any atom is -0.397 e. The average molecular weight is 381 g/mol. The Morgan fingerprint density at radius 3 is 2.58 bits per heavy atom. The van der Waals surface area contributed by atoms with E-state index in [4.69, 9.17) is 17.3 Å². The fraction of sp³-hybridized carbons (Fsp3) is 0. The summed E-state index contributed by atoms with van der Waals surface area (Å²) in [4.78, 5) is 22.6. The van der Waals surface area contributed by atoms with E-state index in [2.05, 4.69) is 15.3 Å². The molecule has 0 fully saturated rings. The zero-order chi connectivity index (χ0) is 18.1. The predicted octanol–water partition coefficient (Wildman–Crippen LogP) is 4.85. The van der Waals surface area contributed by atoms with Gasteiger partial charge in [0, 0.05) is 22.3 Å². The number of nitrogens with zero attached hydrogens (tertiary/aromatic N) is 2. The van der Waals surface area contributed by atoms with Crippen LogP contribution >= 0.6 is 22.9 Å². The van der Waals surface area contributed by atoms with Crippen LogP contribution in [0.4, 0.5) is 11.4 Å². The Bertz CT molecular complexity index is 1090. The van der Waals surface area contributed by atoms with Gasteiger partial charge in [-0.3, -0.25) is 9.78 Å². The molecule has 1 amide bonds. The van der Waals surface area contributed by atoms with Crippen LogP contribution in [0.5, 0.6) is 0 Å². The number of hydrogen-bond acceptors (Lipinski definition) is 5. The smallest absolute Gasteiger partial charge is 0.267 e. The molecule has 0 atom stereocenters. The number of hydrogen-bond donors (Lipinski definition) is 2. The van der Waals surface area contributed by atoms with Gasteiger partial charge < -0.3 is 11.1 Å². The molecule has 1 aromatic carbocycles. The van der Waals surface area contributed by atoms with Gasteiger partial charge >= 0.3 is 0 Å². The summed E-state index contributed by atoms with van der Waals surface area (Å²) in [7, 11) is 0. The van der Waals surface area contributed by atoms with E-state index >= 15 is 0 Å². The lowest BCUT2D eigenvalue weighted by molar-refractivity contribution is 0.103. The van der Waals surface area contributed by atoms with E-state index in [1.54, 1.807) is 30.5 Å². The van der Waals surface area contributed by atoms with Gasteiger partial charge in [-0.15, -0.1) is 11.3 Å². The summed E-state index contributed by atoms with van der Waals surface area (Å²) >= 11 is 7.13. The largest absolute Gasteiger partial charge is 0.397 e. The molecule has 26 heavy (non-hydrogen) atoms. The standard InChI is InChI=1S/C19H13ClN4OS/c20-11-4-6-12(7-5-11)23-18(25)17-16(21)13-8-9-15(24-19(13)26-17)14-3-1-2-10-22-14/h1-10H,21H2,(H,23,25). The number of rotatable bonds is 3. The molecule has 3 heterocycles. The SMILES string of the molecule is Nc1c(C(=O)Nc2ccc(Cl)cc2)sc2nc(-c3ccccn3)ccc12. The first-order chi connectivity index (χ1) is 12.6.